The molecule has 1 N–H and O–H groups in total. The highest BCUT2D eigenvalue weighted by atomic mass is 15.1. The van der Waals surface area contributed by atoms with E-state index in [-0.39, 0.29) is 0 Å². The Labute approximate surface area is 73.2 Å². The first-order chi connectivity index (χ1) is 5.97. The van der Waals surface area contributed by atoms with E-state index >= 15 is 0 Å². The molecule has 0 aromatic carbocycles. The molecule has 1 aliphatic rings. The van der Waals surface area contributed by atoms with E-state index in [1.54, 1.807) is 4.90 Å². The number of hydrogen-bond donors (Lipinski definition) is 1. The Morgan fingerprint density at radius 3 is 2.33 bits per heavy atom. The molecule has 0 aliphatic carbocycles. The van der Waals surface area contributed by atoms with Crippen LogP contribution in [0.4, 0.5) is 5.69 Å². The maximum Gasteiger partial charge on any atom is 0.134 e. The van der Waals surface area contributed by atoms with Gasteiger partial charge in [0.1, 0.15) is 5.69 Å². The second-order valence-electron chi connectivity index (χ2n) is 3.40. The van der Waals surface area contributed by atoms with E-state index in [1.165, 1.54) is 38.0 Å². The van der Waals surface area contributed by atoms with Crippen molar-refractivity contribution in [3.8, 4) is 0 Å². The molecule has 2 nitrogen and oxygen atoms in total. The third kappa shape index (κ3) is 1.64. The average molecular weight is 163 g/mol. The van der Waals surface area contributed by atoms with Gasteiger partial charge in [-0.05, 0) is 19.3 Å². The van der Waals surface area contributed by atoms with Crippen LogP contribution in [0.15, 0.2) is 24.5 Å². The lowest BCUT2D eigenvalue weighted by molar-refractivity contribution is -0.838. The first-order valence-electron chi connectivity index (χ1n) is 4.72. The highest BCUT2D eigenvalue weighted by molar-refractivity contribution is 5.24. The third-order valence-corrected chi connectivity index (χ3v) is 2.55. The van der Waals surface area contributed by atoms with Gasteiger partial charge in [0.05, 0.1) is 13.1 Å². The van der Waals surface area contributed by atoms with Crippen LogP contribution in [0, 0.1) is 0 Å². The Hall–Kier alpha value is -0.890. The summed E-state index contributed by atoms with van der Waals surface area (Å²) in [5.41, 5.74) is 1.41. The van der Waals surface area contributed by atoms with Gasteiger partial charge in [0.25, 0.3) is 0 Å². The van der Waals surface area contributed by atoms with Crippen molar-refractivity contribution in [1.82, 2.24) is 4.98 Å². The smallest absolute Gasteiger partial charge is 0.134 e. The van der Waals surface area contributed by atoms with Gasteiger partial charge in [-0.2, -0.15) is 0 Å². The van der Waals surface area contributed by atoms with Crippen LogP contribution in [0.3, 0.4) is 0 Å². The van der Waals surface area contributed by atoms with Crippen molar-refractivity contribution >= 4 is 5.69 Å². The quantitative estimate of drug-likeness (QED) is 0.647. The molecule has 0 radical (unpaired) electrons. The molecule has 0 amide bonds. The fraction of sp³-hybridized carbons (Fsp3) is 0.500. The van der Waals surface area contributed by atoms with Crippen molar-refractivity contribution in [3.63, 3.8) is 0 Å². The molecule has 2 heteroatoms. The van der Waals surface area contributed by atoms with Gasteiger partial charge in [-0.3, -0.25) is 4.98 Å². The Kier molecular flexibility index (Phi) is 2.37. The standard InChI is InChI=1S/C10H14N2/c1-2-8-12(9-3-1)10-4-6-11-7-5-10/h4-7H,1-3,8-9H2/p+1. The summed E-state index contributed by atoms with van der Waals surface area (Å²) in [5.74, 6) is 0. The number of pyridine rings is 1. The normalized spacial score (nSPS) is 19.3. The van der Waals surface area contributed by atoms with Gasteiger partial charge >= 0.3 is 0 Å². The maximum absolute atomic E-state index is 4.03. The Morgan fingerprint density at radius 1 is 1.00 bits per heavy atom. The number of piperidine rings is 1. The zero-order valence-electron chi connectivity index (χ0n) is 7.29. The van der Waals surface area contributed by atoms with Crippen LogP contribution >= 0.6 is 0 Å². The van der Waals surface area contributed by atoms with E-state index in [0.29, 0.717) is 0 Å². The lowest BCUT2D eigenvalue weighted by atomic mass is 10.1. The van der Waals surface area contributed by atoms with Crippen molar-refractivity contribution in [2.24, 2.45) is 0 Å². The molecule has 64 valence electrons. The fourth-order valence-electron chi connectivity index (χ4n) is 1.85. The molecule has 2 heterocycles. The number of hydrogen-bond acceptors (Lipinski definition) is 1. The molecule has 0 spiro atoms. The summed E-state index contributed by atoms with van der Waals surface area (Å²) in [6, 6.07) is 4.25. The zero-order chi connectivity index (χ0) is 8.23. The molecule has 12 heavy (non-hydrogen) atoms. The van der Waals surface area contributed by atoms with Gasteiger partial charge in [-0.1, -0.05) is 0 Å². The van der Waals surface area contributed by atoms with Crippen LogP contribution in [0.2, 0.25) is 0 Å². The van der Waals surface area contributed by atoms with Gasteiger partial charge in [0.2, 0.25) is 0 Å². The minimum absolute atomic E-state index is 1.30. The summed E-state index contributed by atoms with van der Waals surface area (Å²) >= 11 is 0. The van der Waals surface area contributed by atoms with Gasteiger partial charge in [0.15, 0.2) is 0 Å². The topological polar surface area (TPSA) is 17.3 Å². The Morgan fingerprint density at radius 2 is 1.67 bits per heavy atom. The summed E-state index contributed by atoms with van der Waals surface area (Å²) in [4.78, 5) is 5.66. The van der Waals surface area contributed by atoms with Gasteiger partial charge in [-0.15, -0.1) is 0 Å². The van der Waals surface area contributed by atoms with Crippen LogP contribution in [0.5, 0.6) is 0 Å². The largest absolute Gasteiger partial charge is 0.302 e. The minimum atomic E-state index is 1.30. The second-order valence-corrected chi connectivity index (χ2v) is 3.40. The van der Waals surface area contributed by atoms with Crippen molar-refractivity contribution < 1.29 is 4.90 Å². The van der Waals surface area contributed by atoms with Crippen molar-refractivity contribution in [2.45, 2.75) is 19.3 Å². The molecule has 1 aromatic rings. The first kappa shape index (κ1) is 7.74. The molecule has 1 saturated heterocycles. The predicted octanol–water partition coefficient (Wildman–Crippen LogP) is 0.782. The molecule has 1 fully saturated rings. The van der Waals surface area contributed by atoms with E-state index in [2.05, 4.69) is 17.1 Å². The molecule has 0 unspecified atom stereocenters. The maximum atomic E-state index is 4.03. The van der Waals surface area contributed by atoms with E-state index in [9.17, 15) is 0 Å². The highest BCUT2D eigenvalue weighted by Crippen LogP contribution is 2.02. The number of quaternary nitrogens is 1. The summed E-state index contributed by atoms with van der Waals surface area (Å²) in [5, 5.41) is 0. The van der Waals surface area contributed by atoms with E-state index in [0.717, 1.165) is 0 Å². The number of nitrogens with one attached hydrogen (secondary N) is 1. The van der Waals surface area contributed by atoms with E-state index < -0.39 is 0 Å². The molecule has 0 atom stereocenters. The van der Waals surface area contributed by atoms with Crippen molar-refractivity contribution in [1.29, 1.82) is 0 Å². The number of rotatable bonds is 1. The highest BCUT2D eigenvalue weighted by Gasteiger charge is 2.14. The van der Waals surface area contributed by atoms with Gasteiger partial charge < -0.3 is 4.90 Å². The summed E-state index contributed by atoms with van der Waals surface area (Å²) in [6.07, 6.45) is 7.93. The van der Waals surface area contributed by atoms with E-state index in [1.807, 2.05) is 12.4 Å². The second kappa shape index (κ2) is 3.68. The van der Waals surface area contributed by atoms with Gasteiger partial charge in [0, 0.05) is 24.5 Å². The minimum Gasteiger partial charge on any atom is -0.302 e. The molecular weight excluding hydrogens is 148 g/mol. The van der Waals surface area contributed by atoms with Gasteiger partial charge in [-0.25, -0.2) is 0 Å². The SMILES string of the molecule is c1cc([NH+]2CCCCC2)ccn1. The average Bonchev–Trinajstić information content (AvgIpc) is 2.21. The van der Waals surface area contributed by atoms with E-state index in [4.69, 9.17) is 0 Å². The summed E-state index contributed by atoms with van der Waals surface area (Å²) in [6.45, 7) is 2.59. The van der Waals surface area contributed by atoms with Crippen molar-refractivity contribution in [3.05, 3.63) is 24.5 Å². The number of aromatic nitrogens is 1. The molecule has 0 bridgehead atoms. The molecule has 1 aliphatic heterocycles. The van der Waals surface area contributed by atoms with Crippen LogP contribution in [0.1, 0.15) is 19.3 Å². The Balaban J connectivity index is 2.08. The fourth-order valence-corrected chi connectivity index (χ4v) is 1.85. The monoisotopic (exact) mass is 163 g/mol. The zero-order valence-corrected chi connectivity index (χ0v) is 7.29. The molecule has 2 rings (SSSR count). The van der Waals surface area contributed by atoms with Crippen LogP contribution in [0.25, 0.3) is 0 Å². The van der Waals surface area contributed by atoms with Crippen LogP contribution in [-0.4, -0.2) is 18.1 Å². The predicted molar refractivity (Wildman–Crippen MR) is 48.4 cm³/mol. The van der Waals surface area contributed by atoms with Crippen LogP contribution < -0.4 is 4.90 Å². The molecular formula is C10H15N2+. The van der Waals surface area contributed by atoms with Crippen LogP contribution in [-0.2, 0) is 0 Å². The summed E-state index contributed by atoms with van der Waals surface area (Å²) in [7, 11) is 0. The summed E-state index contributed by atoms with van der Waals surface area (Å²) < 4.78 is 0. The first-order valence-corrected chi connectivity index (χ1v) is 4.72. The molecule has 1 aromatic heterocycles. The number of nitrogens with zero attached hydrogens (tertiary/aromatic N) is 1. The third-order valence-electron chi connectivity index (χ3n) is 2.55. The molecule has 0 saturated carbocycles. The lowest BCUT2D eigenvalue weighted by Crippen LogP contribution is -3.08. The van der Waals surface area contributed by atoms with Crippen molar-refractivity contribution in [2.75, 3.05) is 13.1 Å². The Bertz CT molecular complexity index is 227. The lowest BCUT2D eigenvalue weighted by Gasteiger charge is -2.22.